The van der Waals surface area contributed by atoms with Crippen molar-refractivity contribution in [3.8, 4) is 5.13 Å². The van der Waals surface area contributed by atoms with Gasteiger partial charge in [-0.25, -0.2) is 9.97 Å². The van der Waals surface area contributed by atoms with Crippen molar-refractivity contribution in [1.82, 2.24) is 18.9 Å². The lowest BCUT2D eigenvalue weighted by atomic mass is 10.7. The zero-order valence-corrected chi connectivity index (χ0v) is 6.75. The van der Waals surface area contributed by atoms with E-state index in [0.29, 0.717) is 0 Å². The van der Waals surface area contributed by atoms with Crippen molar-refractivity contribution in [2.75, 3.05) is 0 Å². The number of hydrogen-bond acceptors (Lipinski definition) is 4. The smallest absolute Gasteiger partial charge is 0.214 e. The topological polar surface area (TPSA) is 43.6 Å². The van der Waals surface area contributed by atoms with Crippen LogP contribution in [0.3, 0.4) is 0 Å². The summed E-state index contributed by atoms with van der Waals surface area (Å²) in [5.41, 5.74) is 0. The van der Waals surface area contributed by atoms with Crippen molar-refractivity contribution >= 4 is 11.5 Å². The first kappa shape index (κ1) is 6.48. The van der Waals surface area contributed by atoms with Crippen molar-refractivity contribution in [3.63, 3.8) is 0 Å². The summed E-state index contributed by atoms with van der Waals surface area (Å²) in [6.45, 7) is 1.87. The molecule has 0 unspecified atom stereocenters. The number of nitrogens with zero attached hydrogens (tertiary/aromatic N) is 4. The van der Waals surface area contributed by atoms with Gasteiger partial charge in [-0.2, -0.15) is 4.37 Å². The second kappa shape index (κ2) is 2.43. The lowest BCUT2D eigenvalue weighted by Gasteiger charge is -1.89. The third-order valence-electron chi connectivity index (χ3n) is 1.24. The van der Waals surface area contributed by atoms with Crippen LogP contribution in [-0.4, -0.2) is 18.9 Å². The van der Waals surface area contributed by atoms with Crippen LogP contribution >= 0.6 is 11.5 Å². The van der Waals surface area contributed by atoms with Gasteiger partial charge in [0.15, 0.2) is 0 Å². The Bertz CT molecular complexity index is 337. The molecule has 0 atom stereocenters. The summed E-state index contributed by atoms with van der Waals surface area (Å²) in [5, 5.41) is 0.861. The molecule has 2 rings (SSSR count). The molecule has 0 aromatic carbocycles. The first-order valence-electron chi connectivity index (χ1n) is 3.15. The lowest BCUT2D eigenvalue weighted by Crippen LogP contribution is -1.87. The molecule has 0 spiro atoms. The minimum atomic E-state index is 0.804. The summed E-state index contributed by atoms with van der Waals surface area (Å²) >= 11 is 1.37. The fourth-order valence-electron chi connectivity index (χ4n) is 0.763. The van der Waals surface area contributed by atoms with E-state index in [1.54, 1.807) is 12.5 Å². The number of rotatable bonds is 1. The van der Waals surface area contributed by atoms with E-state index in [9.17, 15) is 0 Å². The minimum absolute atomic E-state index is 0.804. The molecular weight excluding hydrogens is 160 g/mol. The predicted octanol–water partition coefficient (Wildman–Crippen LogP) is 1.03. The summed E-state index contributed by atoms with van der Waals surface area (Å²) in [7, 11) is 0. The van der Waals surface area contributed by atoms with Crippen molar-refractivity contribution in [1.29, 1.82) is 0 Å². The average molecular weight is 166 g/mol. The van der Waals surface area contributed by atoms with Crippen molar-refractivity contribution in [2.45, 2.75) is 6.92 Å². The van der Waals surface area contributed by atoms with Gasteiger partial charge in [-0.15, -0.1) is 0 Å². The third-order valence-corrected chi connectivity index (χ3v) is 2.06. The predicted molar refractivity (Wildman–Crippen MR) is 41.8 cm³/mol. The second-order valence-corrected chi connectivity index (χ2v) is 2.82. The molecule has 0 saturated carbocycles. The standard InChI is InChI=1S/C6H6N4S/c1-5-8-6(11-9-5)10-3-2-7-4-10/h2-4H,1H3. The molecule has 0 saturated heterocycles. The highest BCUT2D eigenvalue weighted by atomic mass is 32.1. The van der Waals surface area contributed by atoms with Gasteiger partial charge in [0.1, 0.15) is 12.2 Å². The Kier molecular flexibility index (Phi) is 1.43. The molecule has 56 valence electrons. The molecule has 0 fully saturated rings. The van der Waals surface area contributed by atoms with Gasteiger partial charge in [-0.1, -0.05) is 0 Å². The fraction of sp³-hybridized carbons (Fsp3) is 0.167. The molecule has 0 amide bonds. The van der Waals surface area contributed by atoms with Gasteiger partial charge >= 0.3 is 0 Å². The van der Waals surface area contributed by atoms with Gasteiger partial charge in [-0.3, -0.25) is 4.57 Å². The van der Waals surface area contributed by atoms with Crippen LogP contribution < -0.4 is 0 Å². The van der Waals surface area contributed by atoms with Crippen molar-refractivity contribution in [2.24, 2.45) is 0 Å². The largest absolute Gasteiger partial charge is 0.281 e. The highest BCUT2D eigenvalue weighted by Crippen LogP contribution is 2.08. The van der Waals surface area contributed by atoms with E-state index in [1.165, 1.54) is 11.5 Å². The molecule has 2 heterocycles. The van der Waals surface area contributed by atoms with Gasteiger partial charge in [-0.05, 0) is 6.92 Å². The third kappa shape index (κ3) is 1.14. The first-order chi connectivity index (χ1) is 5.36. The SMILES string of the molecule is Cc1nsc(-n2ccnc2)n1. The van der Waals surface area contributed by atoms with Crippen LogP contribution in [-0.2, 0) is 0 Å². The summed E-state index contributed by atoms with van der Waals surface area (Å²) < 4.78 is 5.89. The average Bonchev–Trinajstić information content (AvgIpc) is 2.55. The van der Waals surface area contributed by atoms with E-state index in [0.717, 1.165) is 11.0 Å². The Morgan fingerprint density at radius 3 is 3.00 bits per heavy atom. The Morgan fingerprint density at radius 2 is 2.45 bits per heavy atom. The van der Waals surface area contributed by atoms with Crippen LogP contribution in [0.4, 0.5) is 0 Å². The quantitative estimate of drug-likeness (QED) is 0.635. The maximum Gasteiger partial charge on any atom is 0.214 e. The molecule has 2 aromatic rings. The molecule has 0 bridgehead atoms. The van der Waals surface area contributed by atoms with Gasteiger partial charge in [0.25, 0.3) is 0 Å². The van der Waals surface area contributed by atoms with Crippen LogP contribution in [0, 0.1) is 6.92 Å². The zero-order valence-electron chi connectivity index (χ0n) is 5.93. The van der Waals surface area contributed by atoms with Gasteiger partial charge < -0.3 is 0 Å². The Labute approximate surface area is 67.7 Å². The summed E-state index contributed by atoms with van der Waals surface area (Å²) in [6, 6.07) is 0. The van der Waals surface area contributed by atoms with E-state index >= 15 is 0 Å². The Balaban J connectivity index is 2.45. The van der Waals surface area contributed by atoms with Crippen molar-refractivity contribution < 1.29 is 0 Å². The van der Waals surface area contributed by atoms with Gasteiger partial charge in [0.05, 0.1) is 0 Å². The monoisotopic (exact) mass is 166 g/mol. The van der Waals surface area contributed by atoms with E-state index in [4.69, 9.17) is 0 Å². The van der Waals surface area contributed by atoms with Crippen LogP contribution in [0.2, 0.25) is 0 Å². The molecule has 0 radical (unpaired) electrons. The molecule has 5 heteroatoms. The molecule has 4 nitrogen and oxygen atoms in total. The molecule has 0 N–H and O–H groups in total. The van der Waals surface area contributed by atoms with E-state index in [1.807, 2.05) is 17.7 Å². The molecule has 0 aliphatic rings. The second-order valence-electron chi connectivity index (χ2n) is 2.09. The number of imidazole rings is 1. The Morgan fingerprint density at radius 1 is 1.55 bits per heavy atom. The lowest BCUT2D eigenvalue weighted by molar-refractivity contribution is 1.01. The van der Waals surface area contributed by atoms with Crippen LogP contribution in [0.5, 0.6) is 0 Å². The molecule has 0 aliphatic heterocycles. The summed E-state index contributed by atoms with van der Waals surface area (Å²) in [4.78, 5) is 8.09. The van der Waals surface area contributed by atoms with E-state index in [-0.39, 0.29) is 0 Å². The number of aryl methyl sites for hydroxylation is 1. The fourth-order valence-corrected chi connectivity index (χ4v) is 1.39. The summed E-state index contributed by atoms with van der Waals surface area (Å²) in [6.07, 6.45) is 5.27. The van der Waals surface area contributed by atoms with Crippen molar-refractivity contribution in [3.05, 3.63) is 24.5 Å². The first-order valence-corrected chi connectivity index (χ1v) is 3.92. The summed E-state index contributed by atoms with van der Waals surface area (Å²) in [5.74, 6) is 0.804. The van der Waals surface area contributed by atoms with Crippen LogP contribution in [0.25, 0.3) is 5.13 Å². The van der Waals surface area contributed by atoms with Crippen LogP contribution in [0.15, 0.2) is 18.7 Å². The molecule has 2 aromatic heterocycles. The zero-order chi connectivity index (χ0) is 7.68. The van der Waals surface area contributed by atoms with Gasteiger partial charge in [0, 0.05) is 23.9 Å². The minimum Gasteiger partial charge on any atom is -0.281 e. The highest BCUT2D eigenvalue weighted by Gasteiger charge is 1.99. The molecule has 0 aliphatic carbocycles. The molecular formula is C6H6N4S. The van der Waals surface area contributed by atoms with E-state index < -0.39 is 0 Å². The normalized spacial score (nSPS) is 10.3. The van der Waals surface area contributed by atoms with Crippen LogP contribution in [0.1, 0.15) is 5.82 Å². The molecule has 11 heavy (non-hydrogen) atoms. The number of aromatic nitrogens is 4. The maximum absolute atomic E-state index is 4.18. The Hall–Kier alpha value is -1.23. The maximum atomic E-state index is 4.18. The van der Waals surface area contributed by atoms with E-state index in [2.05, 4.69) is 14.3 Å². The van der Waals surface area contributed by atoms with Gasteiger partial charge in [0.2, 0.25) is 5.13 Å². The highest BCUT2D eigenvalue weighted by molar-refractivity contribution is 7.08. The number of hydrogen-bond donors (Lipinski definition) is 0.